The highest BCUT2D eigenvalue weighted by Crippen LogP contribution is 2.42. The standard InChI is InChI=1S/C14H12F4N2O/c15-12-5-4-8(6-19-12)20-7-9(14(16,17)18)13-10(20)2-1-3-11(13)21/h4-7,11,21H,1-3H2. The fourth-order valence-corrected chi connectivity index (χ4v) is 2.76. The summed E-state index contributed by atoms with van der Waals surface area (Å²) >= 11 is 0. The second-order valence-electron chi connectivity index (χ2n) is 5.02. The summed E-state index contributed by atoms with van der Waals surface area (Å²) in [5, 5.41) is 9.92. The van der Waals surface area contributed by atoms with Crippen LogP contribution >= 0.6 is 0 Å². The average Bonchev–Trinajstić information content (AvgIpc) is 2.81. The van der Waals surface area contributed by atoms with Crippen molar-refractivity contribution in [2.75, 3.05) is 0 Å². The van der Waals surface area contributed by atoms with Gasteiger partial charge in [-0.2, -0.15) is 17.6 Å². The van der Waals surface area contributed by atoms with E-state index in [4.69, 9.17) is 0 Å². The van der Waals surface area contributed by atoms with E-state index < -0.39 is 23.8 Å². The molecular weight excluding hydrogens is 288 g/mol. The van der Waals surface area contributed by atoms with Gasteiger partial charge >= 0.3 is 6.18 Å². The quantitative estimate of drug-likeness (QED) is 0.647. The number of nitrogens with zero attached hydrogens (tertiary/aromatic N) is 2. The van der Waals surface area contributed by atoms with Crippen LogP contribution in [0.25, 0.3) is 5.69 Å². The van der Waals surface area contributed by atoms with Crippen molar-refractivity contribution in [3.8, 4) is 5.69 Å². The van der Waals surface area contributed by atoms with Crippen LogP contribution in [0.4, 0.5) is 17.6 Å². The molecule has 2 heterocycles. The molecule has 21 heavy (non-hydrogen) atoms. The molecule has 7 heteroatoms. The number of aromatic nitrogens is 2. The number of hydrogen-bond acceptors (Lipinski definition) is 2. The maximum atomic E-state index is 13.1. The van der Waals surface area contributed by atoms with Crippen LogP contribution in [-0.4, -0.2) is 14.7 Å². The van der Waals surface area contributed by atoms with E-state index in [9.17, 15) is 22.7 Å². The Morgan fingerprint density at radius 3 is 2.67 bits per heavy atom. The highest BCUT2D eigenvalue weighted by molar-refractivity contribution is 5.44. The number of fused-ring (bicyclic) bond motifs is 1. The Morgan fingerprint density at radius 2 is 2.05 bits per heavy atom. The molecule has 1 aliphatic rings. The minimum Gasteiger partial charge on any atom is -0.388 e. The third-order valence-corrected chi connectivity index (χ3v) is 3.67. The van der Waals surface area contributed by atoms with Crippen LogP contribution in [0.5, 0.6) is 0 Å². The zero-order valence-corrected chi connectivity index (χ0v) is 10.9. The number of pyridine rings is 1. The van der Waals surface area contributed by atoms with E-state index in [-0.39, 0.29) is 5.56 Å². The van der Waals surface area contributed by atoms with Crippen molar-refractivity contribution in [1.29, 1.82) is 0 Å². The number of hydrogen-bond donors (Lipinski definition) is 1. The first kappa shape index (κ1) is 14.1. The summed E-state index contributed by atoms with van der Waals surface area (Å²) in [4.78, 5) is 3.46. The SMILES string of the molecule is OC1CCCc2c1c(C(F)(F)F)cn2-c1ccc(F)nc1. The summed E-state index contributed by atoms with van der Waals surface area (Å²) in [5.41, 5.74) is -0.154. The van der Waals surface area contributed by atoms with Crippen molar-refractivity contribution in [2.45, 2.75) is 31.5 Å². The van der Waals surface area contributed by atoms with Crippen LogP contribution in [0, 0.1) is 5.95 Å². The van der Waals surface area contributed by atoms with Gasteiger partial charge in [0.15, 0.2) is 0 Å². The smallest absolute Gasteiger partial charge is 0.388 e. The van der Waals surface area contributed by atoms with Crippen molar-refractivity contribution >= 4 is 0 Å². The number of rotatable bonds is 1. The van der Waals surface area contributed by atoms with Crippen molar-refractivity contribution < 1.29 is 22.7 Å². The summed E-state index contributed by atoms with van der Waals surface area (Å²) in [6.45, 7) is 0. The molecule has 0 amide bonds. The molecule has 0 bridgehead atoms. The minimum absolute atomic E-state index is 0.0712. The first-order valence-electron chi connectivity index (χ1n) is 6.49. The van der Waals surface area contributed by atoms with E-state index in [1.54, 1.807) is 0 Å². The first-order chi connectivity index (χ1) is 9.88. The molecular formula is C14H12F4N2O. The summed E-state index contributed by atoms with van der Waals surface area (Å²) < 4.78 is 53.6. The highest BCUT2D eigenvalue weighted by Gasteiger charge is 2.40. The lowest BCUT2D eigenvalue weighted by molar-refractivity contribution is -0.139. The van der Waals surface area contributed by atoms with Crippen molar-refractivity contribution in [1.82, 2.24) is 9.55 Å². The third kappa shape index (κ3) is 2.42. The largest absolute Gasteiger partial charge is 0.418 e. The van der Waals surface area contributed by atoms with Gasteiger partial charge < -0.3 is 9.67 Å². The van der Waals surface area contributed by atoms with Gasteiger partial charge in [0.05, 0.1) is 23.6 Å². The molecule has 1 atom stereocenters. The lowest BCUT2D eigenvalue weighted by atomic mass is 9.92. The molecule has 1 N–H and O–H groups in total. The Labute approximate surface area is 117 Å². The van der Waals surface area contributed by atoms with Gasteiger partial charge in [0.2, 0.25) is 5.95 Å². The van der Waals surface area contributed by atoms with E-state index >= 15 is 0 Å². The molecule has 0 fully saturated rings. The number of aliphatic hydroxyl groups excluding tert-OH is 1. The zero-order chi connectivity index (χ0) is 15.2. The Kier molecular flexibility index (Phi) is 3.24. The van der Waals surface area contributed by atoms with Gasteiger partial charge in [0, 0.05) is 17.5 Å². The highest BCUT2D eigenvalue weighted by atomic mass is 19.4. The zero-order valence-electron chi connectivity index (χ0n) is 10.9. The molecule has 0 aromatic carbocycles. The van der Waals surface area contributed by atoms with Crippen molar-refractivity contribution in [3.63, 3.8) is 0 Å². The lowest BCUT2D eigenvalue weighted by Gasteiger charge is -2.21. The second-order valence-corrected chi connectivity index (χ2v) is 5.02. The Bertz CT molecular complexity index is 661. The predicted molar refractivity (Wildman–Crippen MR) is 66.4 cm³/mol. The number of halogens is 4. The van der Waals surface area contributed by atoms with Crippen LogP contribution in [0.2, 0.25) is 0 Å². The van der Waals surface area contributed by atoms with Gasteiger partial charge in [-0.15, -0.1) is 0 Å². The molecule has 2 aromatic heterocycles. The molecule has 0 radical (unpaired) electrons. The number of alkyl halides is 3. The second kappa shape index (κ2) is 4.84. The Hall–Kier alpha value is -1.89. The Morgan fingerprint density at radius 1 is 1.29 bits per heavy atom. The molecule has 3 rings (SSSR count). The summed E-state index contributed by atoms with van der Waals surface area (Å²) in [6, 6.07) is 2.46. The van der Waals surface area contributed by atoms with E-state index in [2.05, 4.69) is 4.98 Å². The van der Waals surface area contributed by atoms with Crippen molar-refractivity contribution in [2.24, 2.45) is 0 Å². The van der Waals surface area contributed by atoms with Crippen LogP contribution in [-0.2, 0) is 12.6 Å². The first-order valence-corrected chi connectivity index (χ1v) is 6.49. The molecule has 0 saturated carbocycles. The van der Waals surface area contributed by atoms with Gasteiger partial charge in [-0.3, -0.25) is 0 Å². The monoisotopic (exact) mass is 300 g/mol. The van der Waals surface area contributed by atoms with Gasteiger partial charge in [-0.05, 0) is 31.4 Å². The fourth-order valence-electron chi connectivity index (χ4n) is 2.76. The van der Waals surface area contributed by atoms with Gasteiger partial charge in [-0.1, -0.05) is 0 Å². The van der Waals surface area contributed by atoms with Gasteiger partial charge in [-0.25, -0.2) is 4.98 Å². The molecule has 3 nitrogen and oxygen atoms in total. The van der Waals surface area contributed by atoms with Crippen LogP contribution in [0.1, 0.15) is 35.8 Å². The Balaban J connectivity index is 2.20. The molecule has 1 aliphatic carbocycles. The molecule has 112 valence electrons. The lowest BCUT2D eigenvalue weighted by Crippen LogP contribution is -2.15. The number of aliphatic hydroxyl groups is 1. The summed E-state index contributed by atoms with van der Waals surface area (Å²) in [6.07, 6.45) is -2.20. The van der Waals surface area contributed by atoms with E-state index in [1.807, 2.05) is 0 Å². The van der Waals surface area contributed by atoms with Crippen LogP contribution in [0.15, 0.2) is 24.5 Å². The average molecular weight is 300 g/mol. The van der Waals surface area contributed by atoms with E-state index in [0.29, 0.717) is 30.6 Å². The topological polar surface area (TPSA) is 38.0 Å². The fraction of sp³-hybridized carbons (Fsp3) is 0.357. The maximum Gasteiger partial charge on any atom is 0.418 e. The maximum absolute atomic E-state index is 13.1. The molecule has 0 spiro atoms. The van der Waals surface area contributed by atoms with Crippen molar-refractivity contribution in [3.05, 3.63) is 47.3 Å². The van der Waals surface area contributed by atoms with Crippen LogP contribution in [0.3, 0.4) is 0 Å². The van der Waals surface area contributed by atoms with Gasteiger partial charge in [0.25, 0.3) is 0 Å². The molecule has 1 unspecified atom stereocenters. The summed E-state index contributed by atoms with van der Waals surface area (Å²) in [5.74, 6) is -0.698. The van der Waals surface area contributed by atoms with E-state index in [0.717, 1.165) is 12.3 Å². The van der Waals surface area contributed by atoms with Crippen LogP contribution < -0.4 is 0 Å². The normalized spacial score (nSPS) is 18.6. The molecule has 2 aromatic rings. The van der Waals surface area contributed by atoms with Gasteiger partial charge in [0.1, 0.15) is 0 Å². The minimum atomic E-state index is -4.54. The third-order valence-electron chi connectivity index (χ3n) is 3.67. The molecule has 0 saturated heterocycles. The predicted octanol–water partition coefficient (Wildman–Crippen LogP) is 3.40. The summed E-state index contributed by atoms with van der Waals surface area (Å²) in [7, 11) is 0. The van der Waals surface area contributed by atoms with E-state index in [1.165, 1.54) is 16.8 Å². The molecule has 0 aliphatic heterocycles.